The highest BCUT2D eigenvalue weighted by atomic mass is 79.9. The van der Waals surface area contributed by atoms with Crippen molar-refractivity contribution in [1.29, 1.82) is 0 Å². The van der Waals surface area contributed by atoms with Gasteiger partial charge in [0.05, 0.1) is 14.0 Å². The minimum Gasteiger partial charge on any atom is -0.348 e. The Labute approximate surface area is 107 Å². The molecular formula is C9H6Br2N2OS. The molecule has 0 spiro atoms. The third-order valence-corrected chi connectivity index (χ3v) is 4.18. The van der Waals surface area contributed by atoms with Gasteiger partial charge in [-0.25, -0.2) is 4.98 Å². The van der Waals surface area contributed by atoms with Crippen molar-refractivity contribution in [3.05, 3.63) is 37.4 Å². The molecule has 1 N–H and O–H groups in total. The summed E-state index contributed by atoms with van der Waals surface area (Å²) < 4.78 is 1.79. The van der Waals surface area contributed by atoms with Gasteiger partial charge in [-0.3, -0.25) is 4.79 Å². The van der Waals surface area contributed by atoms with Gasteiger partial charge in [-0.1, -0.05) is 0 Å². The number of H-pyrrole nitrogens is 1. The van der Waals surface area contributed by atoms with Crippen LogP contribution in [-0.4, -0.2) is 15.8 Å². The first-order valence-electron chi connectivity index (χ1n) is 4.13. The van der Waals surface area contributed by atoms with Gasteiger partial charge in [0, 0.05) is 18.0 Å². The first kappa shape index (κ1) is 11.0. The Balaban J connectivity index is 2.18. The first-order valence-corrected chi connectivity index (χ1v) is 6.53. The van der Waals surface area contributed by atoms with Crippen molar-refractivity contribution >= 4 is 49.0 Å². The molecule has 3 nitrogen and oxygen atoms in total. The predicted molar refractivity (Wildman–Crippen MR) is 66.3 cm³/mol. The van der Waals surface area contributed by atoms with E-state index in [-0.39, 0.29) is 5.78 Å². The van der Waals surface area contributed by atoms with Crippen molar-refractivity contribution in [2.45, 2.75) is 6.42 Å². The number of thiophene rings is 1. The number of hydrogen-bond acceptors (Lipinski definition) is 3. The Morgan fingerprint density at radius 3 is 2.87 bits per heavy atom. The fraction of sp³-hybridized carbons (Fsp3) is 0.111. The smallest absolute Gasteiger partial charge is 0.172 e. The van der Waals surface area contributed by atoms with Gasteiger partial charge in [0.25, 0.3) is 0 Å². The van der Waals surface area contributed by atoms with Gasteiger partial charge < -0.3 is 4.98 Å². The quantitative estimate of drug-likeness (QED) is 0.863. The number of aromatic nitrogens is 2. The number of Topliss-reactive ketones (excluding diaryl/α,β-unsaturated/α-hetero) is 1. The van der Waals surface area contributed by atoms with Gasteiger partial charge >= 0.3 is 0 Å². The molecule has 0 atom stereocenters. The minimum atomic E-state index is 0.0544. The van der Waals surface area contributed by atoms with Crippen LogP contribution in [0.15, 0.2) is 26.0 Å². The van der Waals surface area contributed by atoms with E-state index in [1.165, 1.54) is 11.3 Å². The second-order valence-corrected chi connectivity index (χ2v) is 6.62. The number of ketones is 1. The van der Waals surface area contributed by atoms with E-state index in [1.54, 1.807) is 12.4 Å². The SMILES string of the molecule is O=C(Cc1ncc[nH]1)c1cc(Br)sc1Br. The number of carbonyl (C=O) groups excluding carboxylic acids is 1. The number of aromatic amines is 1. The summed E-state index contributed by atoms with van der Waals surface area (Å²) in [5.41, 5.74) is 0.697. The van der Waals surface area contributed by atoms with Crippen molar-refractivity contribution in [1.82, 2.24) is 9.97 Å². The van der Waals surface area contributed by atoms with Gasteiger partial charge in [-0.15, -0.1) is 11.3 Å². The Morgan fingerprint density at radius 1 is 1.53 bits per heavy atom. The summed E-state index contributed by atoms with van der Waals surface area (Å²) in [5, 5.41) is 0. The highest BCUT2D eigenvalue weighted by molar-refractivity contribution is 9.12. The second kappa shape index (κ2) is 4.59. The Morgan fingerprint density at radius 2 is 2.33 bits per heavy atom. The molecule has 0 aromatic carbocycles. The lowest BCUT2D eigenvalue weighted by molar-refractivity contribution is 0.0991. The lowest BCUT2D eigenvalue weighted by atomic mass is 10.1. The summed E-state index contributed by atoms with van der Waals surface area (Å²) in [6.07, 6.45) is 3.65. The molecule has 2 aromatic rings. The van der Waals surface area contributed by atoms with Crippen LogP contribution in [0.2, 0.25) is 0 Å². The monoisotopic (exact) mass is 348 g/mol. The standard InChI is InChI=1S/C9H6Br2N2OS/c10-7-3-5(9(11)15-7)6(14)4-8-12-1-2-13-8/h1-3H,4H2,(H,12,13). The molecule has 0 amide bonds. The highest BCUT2D eigenvalue weighted by Crippen LogP contribution is 2.32. The number of rotatable bonds is 3. The highest BCUT2D eigenvalue weighted by Gasteiger charge is 2.14. The van der Waals surface area contributed by atoms with Crippen LogP contribution in [0, 0.1) is 0 Å². The molecule has 0 aliphatic heterocycles. The van der Waals surface area contributed by atoms with Crippen molar-refractivity contribution in [2.24, 2.45) is 0 Å². The van der Waals surface area contributed by atoms with E-state index in [1.807, 2.05) is 6.07 Å². The fourth-order valence-electron chi connectivity index (χ4n) is 1.17. The average molecular weight is 350 g/mol. The molecule has 6 heteroatoms. The third kappa shape index (κ3) is 2.56. The van der Waals surface area contributed by atoms with Crippen molar-refractivity contribution < 1.29 is 4.79 Å². The van der Waals surface area contributed by atoms with E-state index >= 15 is 0 Å². The topological polar surface area (TPSA) is 45.8 Å². The van der Waals surface area contributed by atoms with E-state index in [4.69, 9.17) is 0 Å². The van der Waals surface area contributed by atoms with Crippen molar-refractivity contribution in [3.8, 4) is 0 Å². The molecule has 15 heavy (non-hydrogen) atoms. The third-order valence-electron chi connectivity index (χ3n) is 1.84. The van der Waals surface area contributed by atoms with E-state index in [0.717, 1.165) is 7.57 Å². The zero-order valence-corrected chi connectivity index (χ0v) is 11.4. The summed E-state index contributed by atoms with van der Waals surface area (Å²) in [7, 11) is 0. The summed E-state index contributed by atoms with van der Waals surface area (Å²) >= 11 is 8.19. The van der Waals surface area contributed by atoms with E-state index in [9.17, 15) is 4.79 Å². The van der Waals surface area contributed by atoms with Gasteiger partial charge in [-0.05, 0) is 37.9 Å². The van der Waals surface area contributed by atoms with Gasteiger partial charge in [0.15, 0.2) is 5.78 Å². The number of hydrogen-bond donors (Lipinski definition) is 1. The predicted octanol–water partition coefficient (Wildman–Crippen LogP) is 3.42. The van der Waals surface area contributed by atoms with Gasteiger partial charge in [0.2, 0.25) is 0 Å². The van der Waals surface area contributed by atoms with Crippen LogP contribution in [0.5, 0.6) is 0 Å². The normalized spacial score (nSPS) is 10.5. The lowest BCUT2D eigenvalue weighted by Gasteiger charge is -1.95. The van der Waals surface area contributed by atoms with Crippen LogP contribution in [0.3, 0.4) is 0 Å². The minimum absolute atomic E-state index is 0.0544. The second-order valence-electron chi connectivity index (χ2n) is 2.87. The summed E-state index contributed by atoms with van der Waals surface area (Å²) in [6.45, 7) is 0. The van der Waals surface area contributed by atoms with E-state index in [0.29, 0.717) is 17.8 Å². The molecule has 0 saturated heterocycles. The summed E-state index contributed by atoms with van der Waals surface area (Å²) in [4.78, 5) is 18.8. The van der Waals surface area contributed by atoms with E-state index in [2.05, 4.69) is 41.8 Å². The first-order chi connectivity index (χ1) is 7.16. The van der Waals surface area contributed by atoms with Gasteiger partial charge in [-0.2, -0.15) is 0 Å². The van der Waals surface area contributed by atoms with Crippen LogP contribution in [0.1, 0.15) is 16.2 Å². The maximum Gasteiger partial charge on any atom is 0.172 e. The maximum absolute atomic E-state index is 11.8. The van der Waals surface area contributed by atoms with E-state index < -0.39 is 0 Å². The molecule has 0 bridgehead atoms. The zero-order chi connectivity index (χ0) is 10.8. The van der Waals surface area contributed by atoms with Crippen LogP contribution in [0.4, 0.5) is 0 Å². The summed E-state index contributed by atoms with van der Waals surface area (Å²) in [6, 6.07) is 1.82. The van der Waals surface area contributed by atoms with Crippen LogP contribution < -0.4 is 0 Å². The maximum atomic E-state index is 11.8. The largest absolute Gasteiger partial charge is 0.348 e. The molecule has 0 unspecified atom stereocenters. The molecule has 0 fully saturated rings. The molecule has 2 aromatic heterocycles. The molecular weight excluding hydrogens is 344 g/mol. The lowest BCUT2D eigenvalue weighted by Crippen LogP contribution is -2.04. The molecule has 0 radical (unpaired) electrons. The number of imidazole rings is 1. The number of carbonyl (C=O) groups is 1. The molecule has 78 valence electrons. The van der Waals surface area contributed by atoms with Crippen LogP contribution in [-0.2, 0) is 6.42 Å². The molecule has 0 aliphatic carbocycles. The van der Waals surface area contributed by atoms with Gasteiger partial charge in [0.1, 0.15) is 5.82 Å². The Kier molecular flexibility index (Phi) is 3.38. The molecule has 2 rings (SSSR count). The average Bonchev–Trinajstić information content (AvgIpc) is 2.75. The zero-order valence-electron chi connectivity index (χ0n) is 7.46. The number of nitrogens with one attached hydrogen (secondary N) is 1. The van der Waals surface area contributed by atoms with Crippen LogP contribution >= 0.6 is 43.2 Å². The molecule has 0 saturated carbocycles. The van der Waals surface area contributed by atoms with Crippen molar-refractivity contribution in [3.63, 3.8) is 0 Å². The summed E-state index contributed by atoms with van der Waals surface area (Å²) in [5.74, 6) is 0.744. The fourth-order valence-corrected chi connectivity index (χ4v) is 4.03. The molecule has 2 heterocycles. The van der Waals surface area contributed by atoms with Crippen molar-refractivity contribution in [2.75, 3.05) is 0 Å². The number of halogens is 2. The molecule has 0 aliphatic rings. The number of nitrogens with zero attached hydrogens (tertiary/aromatic N) is 1. The Hall–Kier alpha value is -0.460. The van der Waals surface area contributed by atoms with Crippen LogP contribution in [0.25, 0.3) is 0 Å². The Bertz CT molecular complexity index is 478.